The van der Waals surface area contributed by atoms with Gasteiger partial charge in [-0.15, -0.1) is 0 Å². The molecule has 0 aliphatic heterocycles. The molecule has 2 heteroatoms. The summed E-state index contributed by atoms with van der Waals surface area (Å²) in [6.45, 7) is 6.55. The third-order valence-electron chi connectivity index (χ3n) is 2.84. The summed E-state index contributed by atoms with van der Waals surface area (Å²) in [5.41, 5.74) is 3.52. The third kappa shape index (κ3) is 2.04. The number of benzene rings is 1. The molecule has 0 spiro atoms. The highest BCUT2D eigenvalue weighted by atomic mass is 14.9. The normalized spacial score (nSPS) is 13.3. The van der Waals surface area contributed by atoms with Crippen LogP contribution in [0.15, 0.2) is 18.2 Å². The molecule has 2 nitrogen and oxygen atoms in total. The average molecular weight is 202 g/mol. The Kier molecular flexibility index (Phi) is 2.76. The first-order valence-corrected chi connectivity index (χ1v) is 5.67. The van der Waals surface area contributed by atoms with Gasteiger partial charge in [-0.25, -0.2) is 4.98 Å². The molecule has 0 radical (unpaired) electrons. The van der Waals surface area contributed by atoms with Gasteiger partial charge < -0.3 is 4.98 Å². The highest BCUT2D eigenvalue weighted by molar-refractivity contribution is 5.75. The van der Waals surface area contributed by atoms with Gasteiger partial charge in [0.25, 0.3) is 0 Å². The van der Waals surface area contributed by atoms with Crippen LogP contribution < -0.4 is 0 Å². The quantitative estimate of drug-likeness (QED) is 0.806. The van der Waals surface area contributed by atoms with E-state index in [-0.39, 0.29) is 0 Å². The van der Waals surface area contributed by atoms with E-state index < -0.39 is 0 Å². The zero-order valence-corrected chi connectivity index (χ0v) is 9.67. The number of nitrogens with one attached hydrogen (secondary N) is 1. The fourth-order valence-corrected chi connectivity index (χ4v) is 1.95. The lowest BCUT2D eigenvalue weighted by atomic mass is 10.1. The van der Waals surface area contributed by atoms with Gasteiger partial charge in [0.1, 0.15) is 5.82 Å². The average Bonchev–Trinajstić information content (AvgIpc) is 2.60. The summed E-state index contributed by atoms with van der Waals surface area (Å²) in [4.78, 5) is 8.03. The summed E-state index contributed by atoms with van der Waals surface area (Å²) in [7, 11) is 0. The predicted molar refractivity (Wildman–Crippen MR) is 64.2 cm³/mol. The van der Waals surface area contributed by atoms with Crippen molar-refractivity contribution in [1.82, 2.24) is 9.97 Å². The van der Waals surface area contributed by atoms with Crippen molar-refractivity contribution in [2.75, 3.05) is 0 Å². The van der Waals surface area contributed by atoms with E-state index in [1.165, 1.54) is 18.4 Å². The van der Waals surface area contributed by atoms with E-state index in [2.05, 4.69) is 48.9 Å². The Morgan fingerprint density at radius 1 is 1.40 bits per heavy atom. The van der Waals surface area contributed by atoms with Crippen molar-refractivity contribution in [1.29, 1.82) is 0 Å². The smallest absolute Gasteiger partial charge is 0.110 e. The van der Waals surface area contributed by atoms with E-state index in [1.54, 1.807) is 0 Å². The van der Waals surface area contributed by atoms with Gasteiger partial charge in [0.2, 0.25) is 0 Å². The minimum absolute atomic E-state index is 0.530. The van der Waals surface area contributed by atoms with Crippen LogP contribution in [0.2, 0.25) is 0 Å². The van der Waals surface area contributed by atoms with Crippen molar-refractivity contribution in [3.63, 3.8) is 0 Å². The van der Waals surface area contributed by atoms with Gasteiger partial charge in [0, 0.05) is 5.92 Å². The van der Waals surface area contributed by atoms with Crippen LogP contribution in [-0.2, 0) is 0 Å². The van der Waals surface area contributed by atoms with Crippen LogP contribution >= 0.6 is 0 Å². The summed E-state index contributed by atoms with van der Waals surface area (Å²) >= 11 is 0. The van der Waals surface area contributed by atoms with E-state index in [0.29, 0.717) is 5.92 Å². The van der Waals surface area contributed by atoms with Gasteiger partial charge in [0.15, 0.2) is 0 Å². The van der Waals surface area contributed by atoms with E-state index >= 15 is 0 Å². The molecule has 0 amide bonds. The Labute approximate surface area is 90.7 Å². The Hall–Kier alpha value is -1.31. The lowest BCUT2D eigenvalue weighted by molar-refractivity contribution is 0.636. The third-order valence-corrected chi connectivity index (χ3v) is 2.84. The lowest BCUT2D eigenvalue weighted by Gasteiger charge is -2.04. The molecule has 1 aromatic heterocycles. The van der Waals surface area contributed by atoms with E-state index in [9.17, 15) is 0 Å². The fourth-order valence-electron chi connectivity index (χ4n) is 1.95. The molecule has 80 valence electrons. The lowest BCUT2D eigenvalue weighted by Crippen LogP contribution is -1.94. The predicted octanol–water partition coefficient (Wildman–Crippen LogP) is 3.77. The Morgan fingerprint density at radius 2 is 2.20 bits per heavy atom. The van der Waals surface area contributed by atoms with Crippen molar-refractivity contribution < 1.29 is 0 Å². The number of H-pyrrole nitrogens is 1. The van der Waals surface area contributed by atoms with Crippen LogP contribution in [0.5, 0.6) is 0 Å². The highest BCUT2D eigenvalue weighted by Gasteiger charge is 2.09. The molecule has 0 saturated carbocycles. The van der Waals surface area contributed by atoms with Crippen molar-refractivity contribution in [2.24, 2.45) is 0 Å². The van der Waals surface area contributed by atoms with E-state index in [0.717, 1.165) is 16.9 Å². The summed E-state index contributed by atoms with van der Waals surface area (Å²) in [6, 6.07) is 6.35. The van der Waals surface area contributed by atoms with Crippen LogP contribution in [0.25, 0.3) is 11.0 Å². The van der Waals surface area contributed by atoms with Crippen molar-refractivity contribution >= 4 is 11.0 Å². The van der Waals surface area contributed by atoms with Crippen LogP contribution in [0.1, 0.15) is 44.0 Å². The Bertz CT molecular complexity index is 457. The van der Waals surface area contributed by atoms with Gasteiger partial charge in [-0.3, -0.25) is 0 Å². The molecule has 0 aliphatic rings. The molecule has 0 bridgehead atoms. The molecule has 0 aliphatic carbocycles. The molecule has 0 saturated heterocycles. The maximum absolute atomic E-state index is 4.62. The summed E-state index contributed by atoms with van der Waals surface area (Å²) in [6.07, 6.45) is 2.40. The van der Waals surface area contributed by atoms with Gasteiger partial charge in [-0.2, -0.15) is 0 Å². The number of aromatic nitrogens is 2. The molecule has 1 aromatic carbocycles. The molecule has 2 rings (SSSR count). The Balaban J connectivity index is 2.38. The monoisotopic (exact) mass is 202 g/mol. The number of hydrogen-bond donors (Lipinski definition) is 1. The molecule has 1 heterocycles. The number of fused-ring (bicyclic) bond motifs is 1. The molecule has 0 fully saturated rings. The fraction of sp³-hybridized carbons (Fsp3) is 0.462. The largest absolute Gasteiger partial charge is 0.342 e. The van der Waals surface area contributed by atoms with Gasteiger partial charge >= 0.3 is 0 Å². The summed E-state index contributed by atoms with van der Waals surface area (Å²) < 4.78 is 0. The maximum atomic E-state index is 4.62. The van der Waals surface area contributed by atoms with Gasteiger partial charge in [0.05, 0.1) is 11.0 Å². The SMILES string of the molecule is CCCC(C)c1nc2ccc(C)cc2[nH]1. The van der Waals surface area contributed by atoms with Gasteiger partial charge in [-0.05, 0) is 31.0 Å². The first kappa shape index (κ1) is 10.2. The molecular weight excluding hydrogens is 184 g/mol. The topological polar surface area (TPSA) is 28.7 Å². The van der Waals surface area contributed by atoms with Crippen molar-refractivity contribution in [2.45, 2.75) is 39.5 Å². The van der Waals surface area contributed by atoms with Crippen molar-refractivity contribution in [3.05, 3.63) is 29.6 Å². The van der Waals surface area contributed by atoms with Crippen LogP contribution in [-0.4, -0.2) is 9.97 Å². The summed E-state index contributed by atoms with van der Waals surface area (Å²) in [5.74, 6) is 1.65. The van der Waals surface area contributed by atoms with E-state index in [4.69, 9.17) is 0 Å². The van der Waals surface area contributed by atoms with Gasteiger partial charge in [-0.1, -0.05) is 26.3 Å². The standard InChI is InChI=1S/C13H18N2/c1-4-5-10(3)13-14-11-7-6-9(2)8-12(11)15-13/h6-8,10H,4-5H2,1-3H3,(H,14,15). The first-order valence-electron chi connectivity index (χ1n) is 5.67. The molecule has 1 unspecified atom stereocenters. The zero-order valence-electron chi connectivity index (χ0n) is 9.67. The summed E-state index contributed by atoms with van der Waals surface area (Å²) in [5, 5.41) is 0. The van der Waals surface area contributed by atoms with Crippen LogP contribution in [0, 0.1) is 6.92 Å². The molecule has 1 N–H and O–H groups in total. The second-order valence-electron chi connectivity index (χ2n) is 4.33. The zero-order chi connectivity index (χ0) is 10.8. The van der Waals surface area contributed by atoms with Crippen molar-refractivity contribution in [3.8, 4) is 0 Å². The number of aryl methyl sites for hydroxylation is 1. The number of hydrogen-bond acceptors (Lipinski definition) is 1. The number of imidazole rings is 1. The molecular formula is C13H18N2. The number of rotatable bonds is 3. The Morgan fingerprint density at radius 3 is 2.93 bits per heavy atom. The number of nitrogens with zero attached hydrogens (tertiary/aromatic N) is 1. The van der Waals surface area contributed by atoms with E-state index in [1.807, 2.05) is 0 Å². The molecule has 1 atom stereocenters. The minimum Gasteiger partial charge on any atom is -0.342 e. The highest BCUT2D eigenvalue weighted by Crippen LogP contribution is 2.21. The van der Waals surface area contributed by atoms with Crippen LogP contribution in [0.3, 0.4) is 0 Å². The minimum atomic E-state index is 0.530. The van der Waals surface area contributed by atoms with Crippen LogP contribution in [0.4, 0.5) is 0 Å². The second-order valence-corrected chi connectivity index (χ2v) is 4.33. The second kappa shape index (κ2) is 4.05. The molecule has 2 aromatic rings. The molecule has 15 heavy (non-hydrogen) atoms. The maximum Gasteiger partial charge on any atom is 0.110 e. The first-order chi connectivity index (χ1) is 7.20. The number of aromatic amines is 1.